The van der Waals surface area contributed by atoms with Crippen LogP contribution in [0.5, 0.6) is 0 Å². The van der Waals surface area contributed by atoms with Crippen molar-refractivity contribution in [3.05, 3.63) is 51.7 Å². The fraction of sp³-hybridized carbons (Fsp3) is 0. The van der Waals surface area contributed by atoms with Gasteiger partial charge in [-0.1, -0.05) is 17.7 Å². The summed E-state index contributed by atoms with van der Waals surface area (Å²) < 4.78 is 23.1. The van der Waals surface area contributed by atoms with Gasteiger partial charge < -0.3 is 5.32 Å². The molecule has 6 nitrogen and oxygen atoms in total. The molecule has 1 heterocycles. The lowest BCUT2D eigenvalue weighted by atomic mass is 10.2. The molecule has 0 bridgehead atoms. The number of rotatable bonds is 3. The quantitative estimate of drug-likeness (QED) is 0.786. The number of anilines is 1. The van der Waals surface area contributed by atoms with E-state index in [4.69, 9.17) is 16.7 Å². The highest BCUT2D eigenvalue weighted by Gasteiger charge is 2.14. The van der Waals surface area contributed by atoms with Crippen LogP contribution in [0, 0.1) is 0 Å². The van der Waals surface area contributed by atoms with Crippen molar-refractivity contribution in [3.63, 3.8) is 0 Å². The predicted molar refractivity (Wildman–Crippen MR) is 82.7 cm³/mol. The lowest BCUT2D eigenvalue weighted by molar-refractivity contribution is 0.102. The molecule has 110 valence electrons. The predicted octanol–water partition coefficient (Wildman–Crippen LogP) is 2.40. The minimum atomic E-state index is -3.84. The Kier molecular flexibility index (Phi) is 4.62. The van der Waals surface area contributed by atoms with Gasteiger partial charge in [-0.3, -0.25) is 4.79 Å². The van der Waals surface area contributed by atoms with Crippen LogP contribution in [0.1, 0.15) is 10.4 Å². The van der Waals surface area contributed by atoms with E-state index in [9.17, 15) is 13.2 Å². The second kappa shape index (κ2) is 6.10. The monoisotopic (exact) mass is 389 g/mol. The maximum Gasteiger partial charge on any atom is 0.258 e. The molecule has 0 aliphatic heterocycles. The Bertz CT molecular complexity index is 811. The second-order valence-corrected chi connectivity index (χ2v) is 6.85. The Balaban J connectivity index is 2.30. The number of benzene rings is 1. The van der Waals surface area contributed by atoms with Crippen molar-refractivity contribution in [3.8, 4) is 0 Å². The summed E-state index contributed by atoms with van der Waals surface area (Å²) in [5.41, 5.74) is 0.439. The highest BCUT2D eigenvalue weighted by atomic mass is 79.9. The third-order valence-corrected chi connectivity index (χ3v) is 4.12. The van der Waals surface area contributed by atoms with Gasteiger partial charge in [-0.2, -0.15) is 0 Å². The number of carbonyl (C=O) groups is 1. The Labute approximate surface area is 134 Å². The molecule has 0 saturated carbocycles. The largest absolute Gasteiger partial charge is 0.322 e. The molecule has 0 saturated heterocycles. The number of sulfonamides is 1. The average molecular weight is 391 g/mol. The molecule has 2 rings (SSSR count). The Hall–Kier alpha value is -1.48. The van der Waals surface area contributed by atoms with Crippen LogP contribution < -0.4 is 10.5 Å². The Morgan fingerprint density at radius 3 is 2.71 bits per heavy atom. The molecule has 9 heteroatoms. The molecular weight excluding hydrogens is 382 g/mol. The SMILES string of the molecule is NS(=O)(=O)c1cccc(NC(=O)c2cc(Br)cnc2Cl)c1. The third-order valence-electron chi connectivity index (χ3n) is 2.47. The molecular formula is C12H9BrClN3O3S. The molecule has 1 aromatic heterocycles. The van der Waals surface area contributed by atoms with Crippen molar-refractivity contribution in [2.45, 2.75) is 4.90 Å². The number of halogens is 2. The molecule has 0 atom stereocenters. The van der Waals surface area contributed by atoms with Crippen molar-refractivity contribution < 1.29 is 13.2 Å². The number of amides is 1. The van der Waals surface area contributed by atoms with Gasteiger partial charge in [0.05, 0.1) is 10.5 Å². The normalized spacial score (nSPS) is 11.2. The van der Waals surface area contributed by atoms with Crippen LogP contribution >= 0.6 is 27.5 Å². The number of nitrogens with two attached hydrogens (primary N) is 1. The zero-order valence-electron chi connectivity index (χ0n) is 10.4. The van der Waals surface area contributed by atoms with Crippen LogP contribution in [0.15, 0.2) is 45.9 Å². The lowest BCUT2D eigenvalue weighted by Crippen LogP contribution is -2.15. The number of hydrogen-bond acceptors (Lipinski definition) is 4. The molecule has 21 heavy (non-hydrogen) atoms. The summed E-state index contributed by atoms with van der Waals surface area (Å²) in [4.78, 5) is 15.9. The molecule has 0 fully saturated rings. The Morgan fingerprint density at radius 2 is 2.05 bits per heavy atom. The van der Waals surface area contributed by atoms with E-state index in [-0.39, 0.29) is 21.3 Å². The molecule has 0 radical (unpaired) electrons. The van der Waals surface area contributed by atoms with E-state index in [2.05, 4.69) is 26.2 Å². The lowest BCUT2D eigenvalue weighted by Gasteiger charge is -2.08. The van der Waals surface area contributed by atoms with Crippen molar-refractivity contribution in [2.75, 3.05) is 5.32 Å². The Morgan fingerprint density at radius 1 is 1.33 bits per heavy atom. The first-order valence-electron chi connectivity index (χ1n) is 5.52. The van der Waals surface area contributed by atoms with E-state index in [0.29, 0.717) is 4.47 Å². The molecule has 2 aromatic rings. The fourth-order valence-electron chi connectivity index (χ4n) is 1.53. The summed E-state index contributed by atoms with van der Waals surface area (Å²) in [6, 6.07) is 7.10. The van der Waals surface area contributed by atoms with Gasteiger partial charge in [0.15, 0.2) is 0 Å². The van der Waals surface area contributed by atoms with Crippen molar-refractivity contribution in [1.82, 2.24) is 4.98 Å². The number of carbonyl (C=O) groups excluding carboxylic acids is 1. The van der Waals surface area contributed by atoms with Crippen LogP contribution in [0.25, 0.3) is 0 Å². The summed E-state index contributed by atoms with van der Waals surface area (Å²) in [5, 5.41) is 7.61. The number of pyridine rings is 1. The molecule has 0 spiro atoms. The molecule has 1 aromatic carbocycles. The molecule has 3 N–H and O–H groups in total. The van der Waals surface area contributed by atoms with Gasteiger partial charge in [0, 0.05) is 16.4 Å². The van der Waals surface area contributed by atoms with Crippen LogP contribution in [-0.4, -0.2) is 19.3 Å². The van der Waals surface area contributed by atoms with E-state index in [1.165, 1.54) is 36.5 Å². The first-order chi connectivity index (χ1) is 9.77. The highest BCUT2D eigenvalue weighted by molar-refractivity contribution is 9.10. The van der Waals surface area contributed by atoms with Crippen molar-refractivity contribution in [1.29, 1.82) is 0 Å². The van der Waals surface area contributed by atoms with E-state index in [1.807, 2.05) is 0 Å². The van der Waals surface area contributed by atoms with E-state index in [1.54, 1.807) is 0 Å². The fourth-order valence-corrected chi connectivity index (χ4v) is 2.61. The van der Waals surface area contributed by atoms with Crippen molar-refractivity contribution in [2.24, 2.45) is 5.14 Å². The number of primary sulfonamides is 1. The van der Waals surface area contributed by atoms with Gasteiger partial charge in [0.2, 0.25) is 10.0 Å². The summed E-state index contributed by atoms with van der Waals surface area (Å²) in [5.74, 6) is -0.514. The number of aromatic nitrogens is 1. The third kappa shape index (κ3) is 4.01. The van der Waals surface area contributed by atoms with Crippen LogP contribution in [-0.2, 0) is 10.0 Å². The topological polar surface area (TPSA) is 102 Å². The zero-order chi connectivity index (χ0) is 15.6. The van der Waals surface area contributed by atoms with Crippen molar-refractivity contribution >= 4 is 49.1 Å². The maximum absolute atomic E-state index is 12.1. The molecule has 1 amide bonds. The number of hydrogen-bond donors (Lipinski definition) is 2. The molecule has 0 unspecified atom stereocenters. The average Bonchev–Trinajstić information content (AvgIpc) is 2.41. The minimum Gasteiger partial charge on any atom is -0.322 e. The second-order valence-electron chi connectivity index (χ2n) is 4.02. The van der Waals surface area contributed by atoms with Gasteiger partial charge in [-0.05, 0) is 40.2 Å². The zero-order valence-corrected chi connectivity index (χ0v) is 13.5. The van der Waals surface area contributed by atoms with Crippen LogP contribution in [0.2, 0.25) is 5.15 Å². The number of nitrogens with one attached hydrogen (secondary N) is 1. The standard InChI is InChI=1S/C12H9BrClN3O3S/c13-7-4-10(11(14)16-6-7)12(18)17-8-2-1-3-9(5-8)21(15,19)20/h1-6H,(H,17,18)(H2,15,19,20). The van der Waals surface area contributed by atoms with Crippen LogP contribution in [0.4, 0.5) is 5.69 Å². The van der Waals surface area contributed by atoms with Gasteiger partial charge in [0.25, 0.3) is 5.91 Å². The maximum atomic E-state index is 12.1. The van der Waals surface area contributed by atoms with Gasteiger partial charge in [-0.15, -0.1) is 0 Å². The first-order valence-corrected chi connectivity index (χ1v) is 8.24. The summed E-state index contributed by atoms with van der Waals surface area (Å²) >= 11 is 9.04. The molecule has 0 aliphatic carbocycles. The minimum absolute atomic E-state index is 0.0401. The summed E-state index contributed by atoms with van der Waals surface area (Å²) in [6.45, 7) is 0. The van der Waals surface area contributed by atoms with Gasteiger partial charge in [0.1, 0.15) is 5.15 Å². The van der Waals surface area contributed by atoms with E-state index in [0.717, 1.165) is 0 Å². The van der Waals surface area contributed by atoms with E-state index >= 15 is 0 Å². The smallest absolute Gasteiger partial charge is 0.258 e. The highest BCUT2D eigenvalue weighted by Crippen LogP contribution is 2.20. The van der Waals surface area contributed by atoms with Gasteiger partial charge >= 0.3 is 0 Å². The number of nitrogens with zero attached hydrogens (tertiary/aromatic N) is 1. The summed E-state index contributed by atoms with van der Waals surface area (Å²) in [6.07, 6.45) is 1.46. The first kappa shape index (κ1) is 15.9. The molecule has 0 aliphatic rings. The summed E-state index contributed by atoms with van der Waals surface area (Å²) in [7, 11) is -3.84. The van der Waals surface area contributed by atoms with Gasteiger partial charge in [-0.25, -0.2) is 18.5 Å². The van der Waals surface area contributed by atoms with E-state index < -0.39 is 15.9 Å². The van der Waals surface area contributed by atoms with Crippen LogP contribution in [0.3, 0.4) is 0 Å².